The van der Waals surface area contributed by atoms with Crippen LogP contribution in [0.5, 0.6) is 0 Å². The van der Waals surface area contributed by atoms with E-state index in [0.29, 0.717) is 5.76 Å². The molecule has 0 radical (unpaired) electrons. The summed E-state index contributed by atoms with van der Waals surface area (Å²) < 4.78 is 4.76. The maximum Gasteiger partial charge on any atom is 0.338 e. The van der Waals surface area contributed by atoms with Gasteiger partial charge in [0, 0.05) is 6.07 Å². The molecule has 0 aliphatic heterocycles. The van der Waals surface area contributed by atoms with Crippen LogP contribution in [0.25, 0.3) is 0 Å². The lowest BCUT2D eigenvalue weighted by molar-refractivity contribution is 0.0696. The van der Waals surface area contributed by atoms with Gasteiger partial charge >= 0.3 is 5.97 Å². The molecular formula is C6H6N2O3. The number of hydrazone groups is 1. The molecule has 0 aliphatic rings. The lowest BCUT2D eigenvalue weighted by atomic mass is 10.3. The van der Waals surface area contributed by atoms with Gasteiger partial charge in [-0.15, -0.1) is 0 Å². The third kappa shape index (κ3) is 1.57. The minimum Gasteiger partial charge on any atom is -0.478 e. The van der Waals surface area contributed by atoms with Crippen LogP contribution in [0.1, 0.15) is 16.1 Å². The van der Waals surface area contributed by atoms with Gasteiger partial charge in [-0.25, -0.2) is 4.79 Å². The Morgan fingerprint density at radius 1 is 1.82 bits per heavy atom. The monoisotopic (exact) mass is 154 g/mol. The van der Waals surface area contributed by atoms with Gasteiger partial charge in [-0.3, -0.25) is 0 Å². The molecule has 0 amide bonds. The second-order valence-corrected chi connectivity index (χ2v) is 1.82. The highest BCUT2D eigenvalue weighted by atomic mass is 16.4. The third-order valence-corrected chi connectivity index (χ3v) is 1.07. The summed E-state index contributed by atoms with van der Waals surface area (Å²) in [5.41, 5.74) is 0.0832. The van der Waals surface area contributed by atoms with E-state index in [-0.39, 0.29) is 5.56 Å². The lowest BCUT2D eigenvalue weighted by Gasteiger charge is -1.78. The molecule has 0 unspecified atom stereocenters. The molecule has 0 atom stereocenters. The standard InChI is InChI=1S/C6H6N2O3/c7-8-2-5-1-4(3-11-5)6(9)10/h1-3H,7H2,(H,9,10)/b8-2+. The van der Waals surface area contributed by atoms with E-state index in [1.165, 1.54) is 12.3 Å². The predicted octanol–water partition coefficient (Wildman–Crippen LogP) is 0.270. The quantitative estimate of drug-likeness (QED) is 0.363. The van der Waals surface area contributed by atoms with Gasteiger partial charge in [0.2, 0.25) is 0 Å². The van der Waals surface area contributed by atoms with Crippen LogP contribution >= 0.6 is 0 Å². The first-order valence-corrected chi connectivity index (χ1v) is 2.79. The Hall–Kier alpha value is -1.78. The molecule has 0 fully saturated rings. The number of carbonyl (C=O) groups is 1. The summed E-state index contributed by atoms with van der Waals surface area (Å²) >= 11 is 0. The molecule has 58 valence electrons. The highest BCUT2D eigenvalue weighted by Gasteiger charge is 2.05. The smallest absolute Gasteiger partial charge is 0.338 e. The maximum absolute atomic E-state index is 10.3. The molecule has 0 aromatic carbocycles. The van der Waals surface area contributed by atoms with Crippen molar-refractivity contribution in [3.63, 3.8) is 0 Å². The van der Waals surface area contributed by atoms with Crippen LogP contribution in [0, 0.1) is 0 Å². The largest absolute Gasteiger partial charge is 0.478 e. The first kappa shape index (κ1) is 7.33. The van der Waals surface area contributed by atoms with E-state index >= 15 is 0 Å². The number of carboxylic acids is 1. The van der Waals surface area contributed by atoms with Gasteiger partial charge in [-0.05, 0) is 0 Å². The molecule has 1 rings (SSSR count). The summed E-state index contributed by atoms with van der Waals surface area (Å²) in [5.74, 6) is 4.10. The Bertz CT molecular complexity index is 290. The van der Waals surface area contributed by atoms with Crippen LogP contribution in [-0.4, -0.2) is 17.3 Å². The second-order valence-electron chi connectivity index (χ2n) is 1.82. The number of rotatable bonds is 2. The molecule has 3 N–H and O–H groups in total. The summed E-state index contributed by atoms with van der Waals surface area (Å²) in [6.45, 7) is 0. The van der Waals surface area contributed by atoms with Crippen molar-refractivity contribution in [1.82, 2.24) is 0 Å². The fourth-order valence-electron chi connectivity index (χ4n) is 0.606. The molecule has 1 aromatic heterocycles. The van der Waals surface area contributed by atoms with E-state index in [0.717, 1.165) is 6.26 Å². The number of nitrogens with zero attached hydrogens (tertiary/aromatic N) is 1. The zero-order valence-electron chi connectivity index (χ0n) is 5.52. The van der Waals surface area contributed by atoms with Crippen LogP contribution in [0.3, 0.4) is 0 Å². The number of furan rings is 1. The van der Waals surface area contributed by atoms with E-state index < -0.39 is 5.97 Å². The molecule has 0 saturated heterocycles. The topological polar surface area (TPSA) is 88.8 Å². The predicted molar refractivity (Wildman–Crippen MR) is 37.4 cm³/mol. The normalized spacial score (nSPS) is 10.5. The maximum atomic E-state index is 10.3. The fourth-order valence-corrected chi connectivity index (χ4v) is 0.606. The van der Waals surface area contributed by atoms with Crippen molar-refractivity contribution in [3.8, 4) is 0 Å². The van der Waals surface area contributed by atoms with Gasteiger partial charge in [0.25, 0.3) is 0 Å². The Kier molecular flexibility index (Phi) is 1.91. The van der Waals surface area contributed by atoms with Crippen molar-refractivity contribution in [2.45, 2.75) is 0 Å². The van der Waals surface area contributed by atoms with Gasteiger partial charge in [0.15, 0.2) is 0 Å². The van der Waals surface area contributed by atoms with Gasteiger partial charge in [-0.2, -0.15) is 5.10 Å². The Balaban J connectivity index is 2.90. The highest BCUT2D eigenvalue weighted by Crippen LogP contribution is 2.04. The number of nitrogens with two attached hydrogens (primary N) is 1. The minimum atomic E-state index is -1.04. The van der Waals surface area contributed by atoms with Crippen LogP contribution in [0.2, 0.25) is 0 Å². The zero-order valence-corrected chi connectivity index (χ0v) is 5.52. The lowest BCUT2D eigenvalue weighted by Crippen LogP contribution is -1.92. The van der Waals surface area contributed by atoms with Crippen LogP contribution in [0.4, 0.5) is 0 Å². The summed E-state index contributed by atoms with van der Waals surface area (Å²) in [6, 6.07) is 1.33. The van der Waals surface area contributed by atoms with Crippen LogP contribution in [0.15, 0.2) is 21.8 Å². The van der Waals surface area contributed by atoms with Gasteiger partial charge in [-0.1, -0.05) is 0 Å². The van der Waals surface area contributed by atoms with E-state index in [2.05, 4.69) is 5.10 Å². The van der Waals surface area contributed by atoms with Crippen molar-refractivity contribution in [3.05, 3.63) is 23.7 Å². The molecule has 1 aromatic rings. The molecule has 11 heavy (non-hydrogen) atoms. The molecule has 5 heteroatoms. The number of aromatic carboxylic acids is 1. The first-order chi connectivity index (χ1) is 5.24. The Labute approximate surface area is 62.1 Å². The minimum absolute atomic E-state index is 0.0832. The molecule has 5 nitrogen and oxygen atoms in total. The van der Waals surface area contributed by atoms with Crippen molar-refractivity contribution in [2.24, 2.45) is 10.9 Å². The summed E-state index contributed by atoms with van der Waals surface area (Å²) in [5, 5.41) is 11.6. The molecule has 0 spiro atoms. The Morgan fingerprint density at radius 3 is 3.00 bits per heavy atom. The average molecular weight is 154 g/mol. The van der Waals surface area contributed by atoms with E-state index in [1.807, 2.05) is 0 Å². The average Bonchev–Trinajstić information content (AvgIpc) is 2.37. The molecule has 1 heterocycles. The number of hydrogen-bond acceptors (Lipinski definition) is 4. The summed E-state index contributed by atoms with van der Waals surface area (Å²) in [7, 11) is 0. The van der Waals surface area contributed by atoms with E-state index in [9.17, 15) is 4.79 Å². The summed E-state index contributed by atoms with van der Waals surface area (Å²) in [4.78, 5) is 10.3. The fraction of sp³-hybridized carbons (Fsp3) is 0. The third-order valence-electron chi connectivity index (χ3n) is 1.07. The van der Waals surface area contributed by atoms with Crippen molar-refractivity contribution >= 4 is 12.2 Å². The van der Waals surface area contributed by atoms with Gasteiger partial charge in [0.1, 0.15) is 12.0 Å². The van der Waals surface area contributed by atoms with Crippen molar-refractivity contribution < 1.29 is 14.3 Å². The SMILES string of the molecule is N/N=C/c1cc(C(=O)O)co1. The van der Waals surface area contributed by atoms with Crippen molar-refractivity contribution in [1.29, 1.82) is 0 Å². The van der Waals surface area contributed by atoms with Crippen LogP contribution < -0.4 is 5.84 Å². The molecule has 0 aliphatic carbocycles. The second kappa shape index (κ2) is 2.87. The van der Waals surface area contributed by atoms with Gasteiger partial charge in [0.05, 0.1) is 11.8 Å². The zero-order chi connectivity index (χ0) is 8.27. The van der Waals surface area contributed by atoms with Gasteiger partial charge < -0.3 is 15.4 Å². The molecule has 0 saturated carbocycles. The van der Waals surface area contributed by atoms with Crippen LogP contribution in [-0.2, 0) is 0 Å². The Morgan fingerprint density at radius 2 is 2.55 bits per heavy atom. The van der Waals surface area contributed by atoms with Crippen molar-refractivity contribution in [2.75, 3.05) is 0 Å². The first-order valence-electron chi connectivity index (χ1n) is 2.79. The number of carboxylic acid groups (broad SMARTS) is 1. The van der Waals surface area contributed by atoms with E-state index in [1.54, 1.807) is 0 Å². The van der Waals surface area contributed by atoms with E-state index in [4.69, 9.17) is 15.4 Å². The summed E-state index contributed by atoms with van der Waals surface area (Å²) in [6.07, 6.45) is 2.35. The number of hydrogen-bond donors (Lipinski definition) is 2. The molecule has 0 bridgehead atoms. The highest BCUT2D eigenvalue weighted by molar-refractivity contribution is 5.89. The molecular weight excluding hydrogens is 148 g/mol.